The van der Waals surface area contributed by atoms with Crippen LogP contribution in [-0.2, 0) is 0 Å². The van der Waals surface area contributed by atoms with Gasteiger partial charge in [0.2, 0.25) is 5.89 Å². The van der Waals surface area contributed by atoms with Gasteiger partial charge in [-0.2, -0.15) is 0 Å². The van der Waals surface area contributed by atoms with E-state index in [9.17, 15) is 9.18 Å². The van der Waals surface area contributed by atoms with Gasteiger partial charge in [0.15, 0.2) is 5.58 Å². The first-order chi connectivity index (χ1) is 15.1. The van der Waals surface area contributed by atoms with Crippen molar-refractivity contribution in [3.63, 3.8) is 0 Å². The van der Waals surface area contributed by atoms with Crippen LogP contribution in [0.4, 0.5) is 14.9 Å². The lowest BCUT2D eigenvalue weighted by Gasteiger charge is -2.22. The van der Waals surface area contributed by atoms with Crippen LogP contribution in [-0.4, -0.2) is 22.5 Å². The largest absolute Gasteiger partial charge is 0.438 e. The van der Waals surface area contributed by atoms with E-state index in [1.807, 2.05) is 12.1 Å². The minimum atomic E-state index is -0.287. The Kier molecular flexibility index (Phi) is 5.08. The predicted molar refractivity (Wildman–Crippen MR) is 119 cm³/mol. The molecular weight excluding hydrogens is 417 g/mol. The number of nitrogens with one attached hydrogen (secondary N) is 1. The second-order valence-corrected chi connectivity index (χ2v) is 7.94. The van der Waals surface area contributed by atoms with Crippen LogP contribution in [0.15, 0.2) is 71.1 Å². The molecule has 31 heavy (non-hydrogen) atoms. The standard InChI is InChI=1S/C24H19ClFN3O2/c25-16-5-3-6-17(14-16)27-24(30)29-12-4-9-21(29)23-28-20-13-15(10-11-22(20)31-23)18-7-1-2-8-19(18)26/h1-3,5-8,10-11,13-14,21H,4,9,12H2,(H,27,30). The van der Waals surface area contributed by atoms with Gasteiger partial charge >= 0.3 is 6.03 Å². The number of likely N-dealkylation sites (tertiary alicyclic amines) is 1. The number of halogens is 2. The Morgan fingerprint density at radius 1 is 1.13 bits per heavy atom. The third kappa shape index (κ3) is 3.86. The van der Waals surface area contributed by atoms with Crippen LogP contribution in [0.5, 0.6) is 0 Å². The Morgan fingerprint density at radius 3 is 2.84 bits per heavy atom. The van der Waals surface area contributed by atoms with Crippen LogP contribution in [0.2, 0.25) is 5.02 Å². The quantitative estimate of drug-likeness (QED) is 0.391. The Labute approximate surface area is 183 Å². The number of hydrogen-bond donors (Lipinski definition) is 1. The highest BCUT2D eigenvalue weighted by atomic mass is 35.5. The van der Waals surface area contributed by atoms with Gasteiger partial charge in [-0.25, -0.2) is 14.2 Å². The summed E-state index contributed by atoms with van der Waals surface area (Å²) in [4.78, 5) is 19.2. The molecule has 5 nitrogen and oxygen atoms in total. The molecule has 1 aromatic heterocycles. The first kappa shape index (κ1) is 19.6. The molecule has 1 fully saturated rings. The van der Waals surface area contributed by atoms with Crippen LogP contribution < -0.4 is 5.32 Å². The fraction of sp³-hybridized carbons (Fsp3) is 0.167. The van der Waals surface area contributed by atoms with Crippen molar-refractivity contribution >= 4 is 34.4 Å². The van der Waals surface area contributed by atoms with Crippen molar-refractivity contribution in [1.29, 1.82) is 0 Å². The van der Waals surface area contributed by atoms with Crippen molar-refractivity contribution < 1.29 is 13.6 Å². The van der Waals surface area contributed by atoms with Crippen molar-refractivity contribution in [2.24, 2.45) is 0 Å². The Bertz CT molecular complexity index is 1270. The molecular formula is C24H19ClFN3O2. The highest BCUT2D eigenvalue weighted by Gasteiger charge is 2.33. The number of rotatable bonds is 3. The molecule has 2 amide bonds. The van der Waals surface area contributed by atoms with Crippen molar-refractivity contribution in [3.8, 4) is 11.1 Å². The number of carbonyl (C=O) groups excluding carboxylic acids is 1. The predicted octanol–water partition coefficient (Wildman–Crippen LogP) is 6.66. The number of aromatic nitrogens is 1. The fourth-order valence-corrected chi connectivity index (χ4v) is 4.17. The van der Waals surface area contributed by atoms with E-state index in [4.69, 9.17) is 16.0 Å². The summed E-state index contributed by atoms with van der Waals surface area (Å²) in [5, 5.41) is 3.44. The van der Waals surface area contributed by atoms with Crippen LogP contribution >= 0.6 is 11.6 Å². The molecule has 1 aliphatic rings. The van der Waals surface area contributed by atoms with Crippen molar-refractivity contribution in [1.82, 2.24) is 9.88 Å². The summed E-state index contributed by atoms with van der Waals surface area (Å²) in [5.74, 6) is 0.199. The van der Waals surface area contributed by atoms with Crippen molar-refractivity contribution in [2.75, 3.05) is 11.9 Å². The topological polar surface area (TPSA) is 58.4 Å². The van der Waals surface area contributed by atoms with E-state index in [0.717, 1.165) is 18.4 Å². The van der Waals surface area contributed by atoms with Gasteiger partial charge in [0, 0.05) is 22.8 Å². The summed E-state index contributed by atoms with van der Waals surface area (Å²) in [6.07, 6.45) is 1.61. The number of carbonyl (C=O) groups is 1. The molecule has 2 heterocycles. The maximum Gasteiger partial charge on any atom is 0.322 e. The zero-order valence-electron chi connectivity index (χ0n) is 16.5. The second-order valence-electron chi connectivity index (χ2n) is 7.51. The number of nitrogens with zero attached hydrogens (tertiary/aromatic N) is 2. The smallest absolute Gasteiger partial charge is 0.322 e. The molecule has 4 aromatic rings. The fourth-order valence-electron chi connectivity index (χ4n) is 3.98. The molecule has 0 bridgehead atoms. The third-order valence-electron chi connectivity index (χ3n) is 5.46. The summed E-state index contributed by atoms with van der Waals surface area (Å²) in [6.45, 7) is 0.607. The van der Waals surface area contributed by atoms with E-state index in [2.05, 4.69) is 10.3 Å². The normalized spacial score (nSPS) is 16.1. The Morgan fingerprint density at radius 2 is 2.00 bits per heavy atom. The summed E-state index contributed by atoms with van der Waals surface area (Å²) >= 11 is 6.01. The number of hydrogen-bond acceptors (Lipinski definition) is 3. The van der Waals surface area contributed by atoms with Gasteiger partial charge in [-0.3, -0.25) is 0 Å². The van der Waals surface area contributed by atoms with E-state index < -0.39 is 0 Å². The molecule has 0 saturated carbocycles. The number of fused-ring (bicyclic) bond motifs is 1. The summed E-state index contributed by atoms with van der Waals surface area (Å²) in [5.41, 5.74) is 3.12. The number of urea groups is 1. The number of amides is 2. The van der Waals surface area contributed by atoms with Crippen LogP contribution in [0.1, 0.15) is 24.8 Å². The van der Waals surface area contributed by atoms with Gasteiger partial charge in [-0.1, -0.05) is 41.9 Å². The van der Waals surface area contributed by atoms with Gasteiger partial charge in [0.25, 0.3) is 0 Å². The number of benzene rings is 3. The number of oxazole rings is 1. The molecule has 3 aromatic carbocycles. The summed E-state index contributed by atoms with van der Waals surface area (Å²) in [7, 11) is 0. The van der Waals surface area contributed by atoms with Gasteiger partial charge in [0.05, 0.1) is 0 Å². The maximum atomic E-state index is 14.2. The van der Waals surface area contributed by atoms with Gasteiger partial charge < -0.3 is 14.6 Å². The monoisotopic (exact) mass is 435 g/mol. The zero-order valence-corrected chi connectivity index (χ0v) is 17.3. The Balaban J connectivity index is 1.41. The molecule has 1 aliphatic heterocycles. The lowest BCUT2D eigenvalue weighted by Crippen LogP contribution is -2.34. The van der Waals surface area contributed by atoms with Crippen molar-refractivity contribution in [3.05, 3.63) is 83.5 Å². The molecule has 7 heteroatoms. The average molecular weight is 436 g/mol. The molecule has 156 valence electrons. The lowest BCUT2D eigenvalue weighted by molar-refractivity contribution is 0.199. The van der Waals surface area contributed by atoms with E-state index in [0.29, 0.717) is 39.8 Å². The minimum absolute atomic E-state index is 0.223. The van der Waals surface area contributed by atoms with Gasteiger partial charge in [-0.15, -0.1) is 0 Å². The second kappa shape index (κ2) is 8.04. The first-order valence-corrected chi connectivity index (χ1v) is 10.4. The molecule has 1 atom stereocenters. The van der Waals surface area contributed by atoms with Crippen LogP contribution in [0, 0.1) is 5.82 Å². The van der Waals surface area contributed by atoms with Crippen molar-refractivity contribution in [2.45, 2.75) is 18.9 Å². The molecule has 0 radical (unpaired) electrons. The van der Waals surface area contributed by atoms with E-state index in [1.165, 1.54) is 6.07 Å². The molecule has 0 spiro atoms. The van der Waals surface area contributed by atoms with Crippen LogP contribution in [0.3, 0.4) is 0 Å². The van der Waals surface area contributed by atoms with Crippen LogP contribution in [0.25, 0.3) is 22.2 Å². The van der Waals surface area contributed by atoms with E-state index in [1.54, 1.807) is 53.4 Å². The summed E-state index contributed by atoms with van der Waals surface area (Å²) in [6, 6.07) is 18.6. The Hall–Kier alpha value is -3.38. The lowest BCUT2D eigenvalue weighted by atomic mass is 10.0. The highest BCUT2D eigenvalue weighted by molar-refractivity contribution is 6.30. The summed E-state index contributed by atoms with van der Waals surface area (Å²) < 4.78 is 20.1. The number of anilines is 1. The molecule has 1 N–H and O–H groups in total. The van der Waals surface area contributed by atoms with Gasteiger partial charge in [0.1, 0.15) is 17.4 Å². The van der Waals surface area contributed by atoms with E-state index >= 15 is 0 Å². The molecule has 1 unspecified atom stereocenters. The molecule has 5 rings (SSSR count). The maximum absolute atomic E-state index is 14.2. The van der Waals surface area contributed by atoms with Gasteiger partial charge in [-0.05, 0) is 54.8 Å². The average Bonchev–Trinajstić information content (AvgIpc) is 3.40. The molecule has 1 saturated heterocycles. The first-order valence-electron chi connectivity index (χ1n) is 10.1. The third-order valence-corrected chi connectivity index (χ3v) is 5.70. The zero-order chi connectivity index (χ0) is 21.4. The minimum Gasteiger partial charge on any atom is -0.438 e. The van der Waals surface area contributed by atoms with E-state index in [-0.39, 0.29) is 17.9 Å². The SMILES string of the molecule is O=C(Nc1cccc(Cl)c1)N1CCCC1c1nc2cc(-c3ccccc3F)ccc2o1. The molecule has 0 aliphatic carbocycles. The highest BCUT2D eigenvalue weighted by Crippen LogP contribution is 2.35.